The number of nitrogens with two attached hydrogens (primary N) is 1. The maximum atomic E-state index is 13.9. The first-order valence-corrected chi connectivity index (χ1v) is 7.97. The third kappa shape index (κ3) is 4.02. The second-order valence-corrected chi connectivity index (χ2v) is 6.26. The zero-order chi connectivity index (χ0) is 15.4. The van der Waals surface area contributed by atoms with E-state index in [9.17, 15) is 4.39 Å². The summed E-state index contributed by atoms with van der Waals surface area (Å²) in [7, 11) is 2.05. The first-order valence-electron chi connectivity index (χ1n) is 7.97. The summed E-state index contributed by atoms with van der Waals surface area (Å²) in [6.45, 7) is 3.79. The Bertz CT molecular complexity index is 468. The van der Waals surface area contributed by atoms with E-state index >= 15 is 0 Å². The van der Waals surface area contributed by atoms with E-state index in [1.54, 1.807) is 6.07 Å². The zero-order valence-electron chi connectivity index (χ0n) is 13.4. The van der Waals surface area contributed by atoms with E-state index in [0.717, 1.165) is 5.69 Å². The van der Waals surface area contributed by atoms with Gasteiger partial charge in [-0.15, -0.1) is 0 Å². The van der Waals surface area contributed by atoms with Gasteiger partial charge in [-0.05, 0) is 26.7 Å². The van der Waals surface area contributed by atoms with Crippen LogP contribution < -0.4 is 15.4 Å². The summed E-state index contributed by atoms with van der Waals surface area (Å²) in [5.74, 6) is -0.103. The molecule has 0 bridgehead atoms. The third-order valence-corrected chi connectivity index (χ3v) is 4.20. The van der Waals surface area contributed by atoms with Gasteiger partial charge in [0, 0.05) is 25.2 Å². The Hall–Kier alpha value is -1.45. The number of anilines is 2. The Morgan fingerprint density at radius 3 is 2.38 bits per heavy atom. The molecule has 1 aromatic carbocycles. The number of hydrogen-bond acceptors (Lipinski definition) is 3. The van der Waals surface area contributed by atoms with E-state index in [-0.39, 0.29) is 17.7 Å². The lowest BCUT2D eigenvalue weighted by atomic mass is 10.1. The Labute approximate surface area is 127 Å². The van der Waals surface area contributed by atoms with E-state index in [4.69, 9.17) is 10.5 Å². The van der Waals surface area contributed by atoms with Crippen LogP contribution in [-0.4, -0.2) is 19.2 Å². The smallest absolute Gasteiger partial charge is 0.167 e. The minimum absolute atomic E-state index is 0.0563. The molecular weight excluding hydrogens is 267 g/mol. The third-order valence-electron chi connectivity index (χ3n) is 4.20. The highest BCUT2D eigenvalue weighted by Gasteiger charge is 2.21. The first kappa shape index (κ1) is 15.9. The maximum absolute atomic E-state index is 13.9. The predicted molar refractivity (Wildman–Crippen MR) is 86.5 cm³/mol. The molecule has 4 heteroatoms. The van der Waals surface area contributed by atoms with Crippen LogP contribution in [-0.2, 0) is 0 Å². The predicted octanol–water partition coefficient (Wildman–Crippen LogP) is 4.35. The molecule has 2 rings (SSSR count). The van der Waals surface area contributed by atoms with Gasteiger partial charge in [0.25, 0.3) is 0 Å². The number of ether oxygens (including phenoxy) is 1. The van der Waals surface area contributed by atoms with Gasteiger partial charge >= 0.3 is 0 Å². The Morgan fingerprint density at radius 2 is 1.81 bits per heavy atom. The molecule has 1 aromatic rings. The van der Waals surface area contributed by atoms with Crippen molar-refractivity contribution in [2.45, 2.75) is 64.5 Å². The van der Waals surface area contributed by atoms with Crippen molar-refractivity contribution < 1.29 is 9.13 Å². The van der Waals surface area contributed by atoms with Crippen LogP contribution in [0.3, 0.4) is 0 Å². The van der Waals surface area contributed by atoms with Crippen LogP contribution in [0.2, 0.25) is 0 Å². The van der Waals surface area contributed by atoms with Gasteiger partial charge < -0.3 is 15.4 Å². The average Bonchev–Trinajstić information content (AvgIpc) is 2.69. The van der Waals surface area contributed by atoms with Gasteiger partial charge in [-0.25, -0.2) is 4.39 Å². The van der Waals surface area contributed by atoms with Crippen LogP contribution in [0.25, 0.3) is 0 Å². The van der Waals surface area contributed by atoms with Crippen molar-refractivity contribution in [2.24, 2.45) is 0 Å². The second kappa shape index (κ2) is 7.01. The molecule has 0 aliphatic heterocycles. The van der Waals surface area contributed by atoms with Crippen molar-refractivity contribution in [3.05, 3.63) is 17.9 Å². The molecule has 1 aliphatic rings. The molecule has 0 spiro atoms. The van der Waals surface area contributed by atoms with Crippen molar-refractivity contribution >= 4 is 11.4 Å². The van der Waals surface area contributed by atoms with Gasteiger partial charge in [-0.1, -0.05) is 25.7 Å². The monoisotopic (exact) mass is 294 g/mol. The molecule has 0 atom stereocenters. The van der Waals surface area contributed by atoms with Crippen LogP contribution in [0.4, 0.5) is 15.8 Å². The topological polar surface area (TPSA) is 38.5 Å². The second-order valence-electron chi connectivity index (χ2n) is 6.26. The number of hydrogen-bond donors (Lipinski definition) is 1. The molecule has 118 valence electrons. The fraction of sp³-hybridized carbons (Fsp3) is 0.647. The molecule has 0 heterocycles. The van der Waals surface area contributed by atoms with Crippen molar-refractivity contribution in [2.75, 3.05) is 17.7 Å². The summed E-state index contributed by atoms with van der Waals surface area (Å²) < 4.78 is 19.5. The molecule has 21 heavy (non-hydrogen) atoms. The fourth-order valence-corrected chi connectivity index (χ4v) is 3.05. The minimum atomic E-state index is -0.390. The lowest BCUT2D eigenvalue weighted by Gasteiger charge is -2.30. The molecule has 1 saturated carbocycles. The first-order chi connectivity index (χ1) is 9.99. The zero-order valence-corrected chi connectivity index (χ0v) is 13.4. The van der Waals surface area contributed by atoms with E-state index in [2.05, 4.69) is 11.9 Å². The largest absolute Gasteiger partial charge is 0.488 e. The quantitative estimate of drug-likeness (QED) is 0.662. The van der Waals surface area contributed by atoms with Crippen LogP contribution in [0.15, 0.2) is 12.1 Å². The summed E-state index contributed by atoms with van der Waals surface area (Å²) in [6.07, 6.45) is 7.42. The van der Waals surface area contributed by atoms with E-state index in [1.165, 1.54) is 44.6 Å². The van der Waals surface area contributed by atoms with Crippen LogP contribution in [0.1, 0.15) is 52.4 Å². The number of rotatable bonds is 4. The summed E-state index contributed by atoms with van der Waals surface area (Å²) >= 11 is 0. The molecular formula is C17H27FN2O. The standard InChI is InChI=1S/C17H27FN2O/c1-12(2)21-17-11-16(15(19)10-14(17)18)20(3)13-8-6-4-5-7-9-13/h10-13H,4-9,19H2,1-3H3. The van der Waals surface area contributed by atoms with Crippen molar-refractivity contribution in [1.82, 2.24) is 0 Å². The molecule has 0 unspecified atom stereocenters. The number of nitrogens with zero attached hydrogens (tertiary/aromatic N) is 1. The minimum Gasteiger partial charge on any atom is -0.488 e. The average molecular weight is 294 g/mol. The fourth-order valence-electron chi connectivity index (χ4n) is 3.05. The molecule has 0 radical (unpaired) electrons. The summed E-state index contributed by atoms with van der Waals surface area (Å²) in [5, 5.41) is 0. The van der Waals surface area contributed by atoms with Gasteiger partial charge in [0.05, 0.1) is 17.5 Å². The number of benzene rings is 1. The Morgan fingerprint density at radius 1 is 1.19 bits per heavy atom. The summed E-state index contributed by atoms with van der Waals surface area (Å²) in [5.41, 5.74) is 7.39. The lowest BCUT2D eigenvalue weighted by molar-refractivity contribution is 0.231. The van der Waals surface area contributed by atoms with Gasteiger partial charge in [0.2, 0.25) is 0 Å². The summed E-state index contributed by atoms with van der Waals surface area (Å²) in [6, 6.07) is 3.60. The molecule has 2 N–H and O–H groups in total. The molecule has 1 aliphatic carbocycles. The Balaban J connectivity index is 2.24. The van der Waals surface area contributed by atoms with Crippen molar-refractivity contribution in [3.8, 4) is 5.75 Å². The van der Waals surface area contributed by atoms with Gasteiger partial charge in [0.15, 0.2) is 11.6 Å². The van der Waals surface area contributed by atoms with E-state index < -0.39 is 0 Å². The highest BCUT2D eigenvalue weighted by molar-refractivity contribution is 5.70. The van der Waals surface area contributed by atoms with Crippen LogP contribution in [0.5, 0.6) is 5.75 Å². The lowest BCUT2D eigenvalue weighted by Crippen LogP contribution is -2.31. The maximum Gasteiger partial charge on any atom is 0.167 e. The van der Waals surface area contributed by atoms with Gasteiger partial charge in [-0.2, -0.15) is 0 Å². The van der Waals surface area contributed by atoms with Crippen molar-refractivity contribution in [3.63, 3.8) is 0 Å². The molecule has 1 fully saturated rings. The van der Waals surface area contributed by atoms with Crippen LogP contribution in [0, 0.1) is 5.82 Å². The number of halogens is 1. The van der Waals surface area contributed by atoms with Crippen molar-refractivity contribution in [1.29, 1.82) is 0 Å². The molecule has 3 nitrogen and oxygen atoms in total. The highest BCUT2D eigenvalue weighted by Crippen LogP contribution is 2.34. The van der Waals surface area contributed by atoms with Gasteiger partial charge in [0.1, 0.15) is 0 Å². The van der Waals surface area contributed by atoms with Gasteiger partial charge in [-0.3, -0.25) is 0 Å². The normalized spacial score (nSPS) is 16.8. The molecule has 0 amide bonds. The molecule has 0 saturated heterocycles. The Kier molecular flexibility index (Phi) is 5.32. The van der Waals surface area contributed by atoms with E-state index in [1.807, 2.05) is 13.8 Å². The molecule has 0 aromatic heterocycles. The summed E-state index contributed by atoms with van der Waals surface area (Å²) in [4.78, 5) is 2.20. The number of nitrogen functional groups attached to an aromatic ring is 1. The highest BCUT2D eigenvalue weighted by atomic mass is 19.1. The van der Waals surface area contributed by atoms with E-state index in [0.29, 0.717) is 11.7 Å². The van der Waals surface area contributed by atoms with Crippen LogP contribution >= 0.6 is 0 Å². The SMILES string of the molecule is CC(C)Oc1cc(N(C)C2CCCCCC2)c(N)cc1F.